The van der Waals surface area contributed by atoms with Gasteiger partial charge in [-0.05, 0) is 41.7 Å². The molecule has 2 aromatic carbocycles. The first-order valence-corrected chi connectivity index (χ1v) is 6.78. The van der Waals surface area contributed by atoms with E-state index in [-0.39, 0.29) is 17.5 Å². The Balaban J connectivity index is 2.28. The van der Waals surface area contributed by atoms with Crippen LogP contribution in [0.25, 0.3) is 0 Å². The quantitative estimate of drug-likeness (QED) is 0.675. The van der Waals surface area contributed by atoms with Crippen molar-refractivity contribution in [2.45, 2.75) is 25.8 Å². The van der Waals surface area contributed by atoms with Crippen molar-refractivity contribution in [2.24, 2.45) is 5.73 Å². The fraction of sp³-hybridized carbons (Fsp3) is 0.250. The van der Waals surface area contributed by atoms with Crippen molar-refractivity contribution in [1.29, 1.82) is 0 Å². The average Bonchev–Trinajstić information content (AvgIpc) is 2.48. The third kappa shape index (κ3) is 3.64. The second kappa shape index (κ2) is 6.45. The lowest BCUT2D eigenvalue weighted by molar-refractivity contribution is -0.384. The molecule has 1 unspecified atom stereocenters. The Hall–Kier alpha value is -2.27. The molecule has 5 heteroatoms. The normalized spacial score (nSPS) is 12.1. The van der Waals surface area contributed by atoms with Crippen LogP contribution in [0.3, 0.4) is 0 Å². The van der Waals surface area contributed by atoms with Gasteiger partial charge in [0.1, 0.15) is 5.82 Å². The zero-order valence-corrected chi connectivity index (χ0v) is 11.8. The Morgan fingerprint density at radius 2 is 1.90 bits per heavy atom. The van der Waals surface area contributed by atoms with Crippen LogP contribution in [0.2, 0.25) is 0 Å². The summed E-state index contributed by atoms with van der Waals surface area (Å²) in [5, 5.41) is 10.9. The van der Waals surface area contributed by atoms with Gasteiger partial charge in [-0.2, -0.15) is 0 Å². The Bertz CT molecular complexity index is 641. The molecule has 0 spiro atoms. The number of aryl methyl sites for hydroxylation is 1. The molecule has 0 heterocycles. The van der Waals surface area contributed by atoms with E-state index in [2.05, 4.69) is 0 Å². The van der Waals surface area contributed by atoms with E-state index in [1.165, 1.54) is 24.3 Å². The van der Waals surface area contributed by atoms with E-state index in [0.717, 1.165) is 23.1 Å². The molecule has 0 bridgehead atoms. The maximum atomic E-state index is 12.9. The maximum absolute atomic E-state index is 12.9. The number of benzene rings is 2. The minimum atomic E-state index is -0.423. The van der Waals surface area contributed by atoms with Gasteiger partial charge < -0.3 is 5.73 Å². The standard InChI is InChI=1S/C16H17FN2O2/c1-2-12-5-8-14(19(20)21)10-15(12)16(18)9-11-3-6-13(17)7-4-11/h3-8,10,16H,2,9,18H2,1H3. The number of hydrogen-bond acceptors (Lipinski definition) is 3. The summed E-state index contributed by atoms with van der Waals surface area (Å²) in [4.78, 5) is 10.5. The molecule has 0 aliphatic heterocycles. The van der Waals surface area contributed by atoms with Crippen molar-refractivity contribution >= 4 is 5.69 Å². The largest absolute Gasteiger partial charge is 0.324 e. The van der Waals surface area contributed by atoms with E-state index in [9.17, 15) is 14.5 Å². The fourth-order valence-electron chi connectivity index (χ4n) is 2.35. The van der Waals surface area contributed by atoms with E-state index in [1.54, 1.807) is 18.2 Å². The van der Waals surface area contributed by atoms with Crippen molar-refractivity contribution in [3.63, 3.8) is 0 Å². The molecule has 0 saturated heterocycles. The highest BCUT2D eigenvalue weighted by Gasteiger charge is 2.16. The first-order chi connectivity index (χ1) is 10.0. The van der Waals surface area contributed by atoms with Crippen LogP contribution in [0.4, 0.5) is 10.1 Å². The van der Waals surface area contributed by atoms with Gasteiger partial charge in [-0.15, -0.1) is 0 Å². The fourth-order valence-corrected chi connectivity index (χ4v) is 2.35. The molecular weight excluding hydrogens is 271 g/mol. The van der Waals surface area contributed by atoms with Crippen molar-refractivity contribution in [3.05, 3.63) is 75.1 Å². The van der Waals surface area contributed by atoms with Gasteiger partial charge >= 0.3 is 0 Å². The summed E-state index contributed by atoms with van der Waals surface area (Å²) in [5.74, 6) is -0.295. The lowest BCUT2D eigenvalue weighted by Crippen LogP contribution is -2.15. The van der Waals surface area contributed by atoms with E-state index in [1.807, 2.05) is 6.92 Å². The number of nitrogens with zero attached hydrogens (tertiary/aromatic N) is 1. The van der Waals surface area contributed by atoms with Gasteiger partial charge in [0.05, 0.1) is 4.92 Å². The monoisotopic (exact) mass is 288 g/mol. The molecule has 0 aromatic heterocycles. The van der Waals surface area contributed by atoms with Crippen LogP contribution < -0.4 is 5.73 Å². The lowest BCUT2D eigenvalue weighted by Gasteiger charge is -2.16. The van der Waals surface area contributed by atoms with E-state index < -0.39 is 4.92 Å². The Labute approximate surface area is 122 Å². The first-order valence-electron chi connectivity index (χ1n) is 6.78. The van der Waals surface area contributed by atoms with Gasteiger partial charge in [0.15, 0.2) is 0 Å². The Morgan fingerprint density at radius 1 is 1.24 bits per heavy atom. The van der Waals surface area contributed by atoms with E-state index in [0.29, 0.717) is 6.42 Å². The number of nitro groups is 1. The van der Waals surface area contributed by atoms with Gasteiger partial charge in [0, 0.05) is 18.2 Å². The first kappa shape index (κ1) is 15.1. The zero-order valence-electron chi connectivity index (χ0n) is 11.8. The summed E-state index contributed by atoms with van der Waals surface area (Å²) in [6.45, 7) is 1.98. The van der Waals surface area contributed by atoms with Gasteiger partial charge in [-0.25, -0.2) is 4.39 Å². The average molecular weight is 288 g/mol. The molecule has 4 nitrogen and oxygen atoms in total. The van der Waals surface area contributed by atoms with Crippen LogP contribution in [0.5, 0.6) is 0 Å². The van der Waals surface area contributed by atoms with Gasteiger partial charge in [-0.3, -0.25) is 10.1 Å². The second-order valence-electron chi connectivity index (χ2n) is 4.93. The zero-order chi connectivity index (χ0) is 15.4. The van der Waals surface area contributed by atoms with Crippen LogP contribution in [-0.2, 0) is 12.8 Å². The van der Waals surface area contributed by atoms with Crippen LogP contribution in [-0.4, -0.2) is 4.92 Å². The van der Waals surface area contributed by atoms with Gasteiger partial charge in [0.2, 0.25) is 0 Å². The smallest absolute Gasteiger partial charge is 0.269 e. The van der Waals surface area contributed by atoms with Crippen LogP contribution in [0, 0.1) is 15.9 Å². The topological polar surface area (TPSA) is 69.2 Å². The van der Waals surface area contributed by atoms with Crippen molar-refractivity contribution in [1.82, 2.24) is 0 Å². The molecule has 0 amide bonds. The number of halogens is 1. The van der Waals surface area contributed by atoms with Crippen LogP contribution >= 0.6 is 0 Å². The number of nitrogens with two attached hydrogens (primary N) is 1. The molecule has 2 aromatic rings. The van der Waals surface area contributed by atoms with E-state index in [4.69, 9.17) is 5.73 Å². The molecule has 0 radical (unpaired) electrons. The third-order valence-corrected chi connectivity index (χ3v) is 3.49. The SMILES string of the molecule is CCc1ccc([N+](=O)[O-])cc1C(N)Cc1ccc(F)cc1. The number of rotatable bonds is 5. The molecule has 0 aliphatic carbocycles. The van der Waals surface area contributed by atoms with Crippen molar-refractivity contribution < 1.29 is 9.31 Å². The summed E-state index contributed by atoms with van der Waals surface area (Å²) < 4.78 is 12.9. The number of non-ortho nitro benzene ring substituents is 1. The minimum absolute atomic E-state index is 0.0387. The number of nitro benzene ring substituents is 1. The molecule has 0 saturated carbocycles. The summed E-state index contributed by atoms with van der Waals surface area (Å²) in [5.41, 5.74) is 8.90. The molecule has 1 atom stereocenters. The summed E-state index contributed by atoms with van der Waals surface area (Å²) in [7, 11) is 0. The molecule has 0 aliphatic rings. The van der Waals surface area contributed by atoms with Crippen LogP contribution in [0.1, 0.15) is 29.7 Å². The minimum Gasteiger partial charge on any atom is -0.324 e. The highest BCUT2D eigenvalue weighted by atomic mass is 19.1. The summed E-state index contributed by atoms with van der Waals surface area (Å²) in [6, 6.07) is 10.5. The highest BCUT2D eigenvalue weighted by Crippen LogP contribution is 2.25. The summed E-state index contributed by atoms with van der Waals surface area (Å²) >= 11 is 0. The second-order valence-corrected chi connectivity index (χ2v) is 4.93. The molecule has 2 rings (SSSR count). The van der Waals surface area contributed by atoms with Crippen molar-refractivity contribution in [3.8, 4) is 0 Å². The van der Waals surface area contributed by atoms with Gasteiger partial charge in [-0.1, -0.05) is 25.1 Å². The lowest BCUT2D eigenvalue weighted by atomic mass is 9.94. The predicted octanol–water partition coefficient (Wildman–Crippen LogP) is 3.54. The maximum Gasteiger partial charge on any atom is 0.269 e. The van der Waals surface area contributed by atoms with Crippen LogP contribution in [0.15, 0.2) is 42.5 Å². The van der Waals surface area contributed by atoms with Crippen molar-refractivity contribution in [2.75, 3.05) is 0 Å². The van der Waals surface area contributed by atoms with E-state index >= 15 is 0 Å². The molecule has 21 heavy (non-hydrogen) atoms. The Kier molecular flexibility index (Phi) is 4.65. The third-order valence-electron chi connectivity index (χ3n) is 3.49. The summed E-state index contributed by atoms with van der Waals surface area (Å²) in [6.07, 6.45) is 1.26. The molecule has 110 valence electrons. The molecule has 0 fully saturated rings. The molecule has 2 N–H and O–H groups in total. The number of hydrogen-bond donors (Lipinski definition) is 1. The highest BCUT2D eigenvalue weighted by molar-refractivity contribution is 5.42. The predicted molar refractivity (Wildman–Crippen MR) is 79.5 cm³/mol. The van der Waals surface area contributed by atoms with Gasteiger partial charge in [0.25, 0.3) is 5.69 Å². The molecular formula is C16H17FN2O2. The Morgan fingerprint density at radius 3 is 2.48 bits per heavy atom.